The van der Waals surface area contributed by atoms with Gasteiger partial charge in [-0.05, 0) is 25.5 Å². The van der Waals surface area contributed by atoms with Gasteiger partial charge in [0.2, 0.25) is 0 Å². The van der Waals surface area contributed by atoms with Gasteiger partial charge in [-0.15, -0.1) is 0 Å². The van der Waals surface area contributed by atoms with Crippen LogP contribution in [0, 0.1) is 13.8 Å². The van der Waals surface area contributed by atoms with Crippen LogP contribution in [-0.2, 0) is 4.79 Å². The zero-order valence-corrected chi connectivity index (χ0v) is 8.07. The standard InChI is InChI=1S/C10H11NO3/c1-6-3-4-11-7(2)10(6)8(12)5-9(13)14/h3-4H,5H2,1-2H3,(H,13,14). The lowest BCUT2D eigenvalue weighted by molar-refractivity contribution is -0.135. The first-order chi connectivity index (χ1) is 6.52. The molecular formula is C10H11NO3. The minimum atomic E-state index is -1.11. The molecule has 0 aliphatic carbocycles. The van der Waals surface area contributed by atoms with E-state index in [9.17, 15) is 9.59 Å². The summed E-state index contributed by atoms with van der Waals surface area (Å²) in [6.45, 7) is 3.46. The van der Waals surface area contributed by atoms with Gasteiger partial charge in [0.1, 0.15) is 6.42 Å². The van der Waals surface area contributed by atoms with E-state index < -0.39 is 12.4 Å². The van der Waals surface area contributed by atoms with Crippen molar-refractivity contribution in [2.24, 2.45) is 0 Å². The third-order valence-corrected chi connectivity index (χ3v) is 1.94. The predicted octanol–water partition coefficient (Wildman–Crippen LogP) is 1.36. The predicted molar refractivity (Wildman–Crippen MR) is 50.3 cm³/mol. The molecule has 0 aliphatic rings. The number of hydrogen-bond donors (Lipinski definition) is 1. The smallest absolute Gasteiger partial charge is 0.311 e. The molecule has 0 unspecified atom stereocenters. The molecule has 1 rings (SSSR count). The van der Waals surface area contributed by atoms with Gasteiger partial charge in [-0.1, -0.05) is 0 Å². The van der Waals surface area contributed by atoms with E-state index in [0.29, 0.717) is 11.3 Å². The highest BCUT2D eigenvalue weighted by Crippen LogP contribution is 2.12. The molecule has 0 radical (unpaired) electrons. The van der Waals surface area contributed by atoms with Gasteiger partial charge in [0.25, 0.3) is 0 Å². The average Bonchev–Trinajstić information content (AvgIpc) is 2.01. The normalized spacial score (nSPS) is 9.86. The Labute approximate surface area is 81.6 Å². The van der Waals surface area contributed by atoms with Gasteiger partial charge < -0.3 is 5.11 Å². The van der Waals surface area contributed by atoms with Crippen LogP contribution in [0.1, 0.15) is 28.0 Å². The molecule has 0 amide bonds. The van der Waals surface area contributed by atoms with E-state index in [4.69, 9.17) is 5.11 Å². The summed E-state index contributed by atoms with van der Waals surface area (Å²) in [5.74, 6) is -1.50. The first kappa shape index (κ1) is 10.4. The van der Waals surface area contributed by atoms with Crippen molar-refractivity contribution in [3.63, 3.8) is 0 Å². The zero-order chi connectivity index (χ0) is 10.7. The first-order valence-corrected chi connectivity index (χ1v) is 4.19. The maximum absolute atomic E-state index is 11.5. The van der Waals surface area contributed by atoms with Crippen LogP contribution >= 0.6 is 0 Å². The van der Waals surface area contributed by atoms with Gasteiger partial charge >= 0.3 is 5.97 Å². The largest absolute Gasteiger partial charge is 0.481 e. The Balaban J connectivity index is 3.06. The van der Waals surface area contributed by atoms with E-state index in [2.05, 4.69) is 4.98 Å². The molecule has 4 heteroatoms. The number of carboxylic acids is 1. The van der Waals surface area contributed by atoms with Crippen LogP contribution in [0.15, 0.2) is 12.3 Å². The van der Waals surface area contributed by atoms with E-state index in [-0.39, 0.29) is 5.78 Å². The second-order valence-electron chi connectivity index (χ2n) is 3.08. The van der Waals surface area contributed by atoms with Gasteiger partial charge in [-0.3, -0.25) is 14.6 Å². The van der Waals surface area contributed by atoms with E-state index in [1.54, 1.807) is 26.1 Å². The van der Waals surface area contributed by atoms with Crippen LogP contribution in [0.4, 0.5) is 0 Å². The summed E-state index contributed by atoms with van der Waals surface area (Å²) in [4.78, 5) is 25.8. The molecule has 0 saturated heterocycles. The molecule has 0 fully saturated rings. The number of carbonyl (C=O) groups excluding carboxylic acids is 1. The fourth-order valence-electron chi connectivity index (χ4n) is 1.34. The van der Waals surface area contributed by atoms with Gasteiger partial charge in [0, 0.05) is 17.5 Å². The van der Waals surface area contributed by atoms with Gasteiger partial charge in [0.05, 0.1) is 0 Å². The number of Topliss-reactive ketones (excluding diaryl/α,β-unsaturated/α-hetero) is 1. The lowest BCUT2D eigenvalue weighted by Gasteiger charge is -2.05. The van der Waals surface area contributed by atoms with Crippen molar-refractivity contribution in [2.75, 3.05) is 0 Å². The van der Waals surface area contributed by atoms with E-state index in [0.717, 1.165) is 5.56 Å². The summed E-state index contributed by atoms with van der Waals surface area (Å²) < 4.78 is 0. The lowest BCUT2D eigenvalue weighted by atomic mass is 10.0. The maximum atomic E-state index is 11.5. The topological polar surface area (TPSA) is 67.3 Å². The van der Waals surface area contributed by atoms with Gasteiger partial charge in [-0.2, -0.15) is 0 Å². The molecule has 74 valence electrons. The maximum Gasteiger partial charge on any atom is 0.311 e. The summed E-state index contributed by atoms with van der Waals surface area (Å²) >= 11 is 0. The molecule has 4 nitrogen and oxygen atoms in total. The number of pyridine rings is 1. The molecule has 1 aromatic heterocycles. The number of aromatic nitrogens is 1. The summed E-state index contributed by atoms with van der Waals surface area (Å²) in [5, 5.41) is 8.49. The molecule has 1 N–H and O–H groups in total. The number of carboxylic acid groups (broad SMARTS) is 1. The minimum Gasteiger partial charge on any atom is -0.481 e. The Morgan fingerprint density at radius 3 is 2.57 bits per heavy atom. The molecule has 1 aromatic rings. The second kappa shape index (κ2) is 4.00. The van der Waals surface area contributed by atoms with Crippen LogP contribution in [0.25, 0.3) is 0 Å². The number of carbonyl (C=O) groups is 2. The van der Waals surface area contributed by atoms with E-state index in [1.165, 1.54) is 0 Å². The zero-order valence-electron chi connectivity index (χ0n) is 8.07. The minimum absolute atomic E-state index is 0.388. The fourth-order valence-corrected chi connectivity index (χ4v) is 1.34. The molecule has 1 heterocycles. The van der Waals surface area contributed by atoms with Crippen LogP contribution in [0.5, 0.6) is 0 Å². The number of hydrogen-bond acceptors (Lipinski definition) is 3. The summed E-state index contributed by atoms with van der Waals surface area (Å²) in [6, 6.07) is 1.70. The Kier molecular flexibility index (Phi) is 2.96. The van der Waals surface area contributed by atoms with Crippen molar-refractivity contribution >= 4 is 11.8 Å². The van der Waals surface area contributed by atoms with E-state index >= 15 is 0 Å². The number of rotatable bonds is 3. The second-order valence-corrected chi connectivity index (χ2v) is 3.08. The first-order valence-electron chi connectivity index (χ1n) is 4.19. The molecule has 0 saturated carbocycles. The SMILES string of the molecule is Cc1ccnc(C)c1C(=O)CC(=O)O. The monoisotopic (exact) mass is 193 g/mol. The highest BCUT2D eigenvalue weighted by molar-refractivity contribution is 6.06. The Morgan fingerprint density at radius 1 is 1.43 bits per heavy atom. The molecule has 0 spiro atoms. The van der Waals surface area contributed by atoms with E-state index in [1.807, 2.05) is 0 Å². The summed E-state index contributed by atoms with van der Waals surface area (Å²) in [6.07, 6.45) is 1.12. The number of nitrogens with zero attached hydrogens (tertiary/aromatic N) is 1. The number of aryl methyl sites for hydroxylation is 2. The Morgan fingerprint density at radius 2 is 2.07 bits per heavy atom. The average molecular weight is 193 g/mol. The third kappa shape index (κ3) is 2.16. The Hall–Kier alpha value is -1.71. The summed E-state index contributed by atoms with van der Waals surface area (Å²) in [5.41, 5.74) is 1.77. The Bertz CT molecular complexity index is 365. The van der Waals surface area contributed by atoms with Crippen molar-refractivity contribution < 1.29 is 14.7 Å². The van der Waals surface area contributed by atoms with Crippen molar-refractivity contribution in [1.29, 1.82) is 0 Å². The molecule has 0 aliphatic heterocycles. The molecule has 14 heavy (non-hydrogen) atoms. The van der Waals surface area contributed by atoms with Crippen LogP contribution < -0.4 is 0 Å². The molecular weight excluding hydrogens is 182 g/mol. The van der Waals surface area contributed by atoms with Crippen molar-refractivity contribution in [3.05, 3.63) is 29.1 Å². The number of aliphatic carboxylic acids is 1. The fraction of sp³-hybridized carbons (Fsp3) is 0.300. The highest BCUT2D eigenvalue weighted by Gasteiger charge is 2.15. The van der Waals surface area contributed by atoms with Crippen molar-refractivity contribution in [3.8, 4) is 0 Å². The van der Waals surface area contributed by atoms with Crippen LogP contribution in [0.2, 0.25) is 0 Å². The quantitative estimate of drug-likeness (QED) is 0.581. The third-order valence-electron chi connectivity index (χ3n) is 1.94. The molecule has 0 aromatic carbocycles. The van der Waals surface area contributed by atoms with Gasteiger partial charge in [0.15, 0.2) is 5.78 Å². The van der Waals surface area contributed by atoms with Crippen molar-refractivity contribution in [2.45, 2.75) is 20.3 Å². The summed E-state index contributed by atoms with van der Waals surface area (Å²) in [7, 11) is 0. The molecule has 0 bridgehead atoms. The lowest BCUT2D eigenvalue weighted by Crippen LogP contribution is -2.11. The highest BCUT2D eigenvalue weighted by atomic mass is 16.4. The number of ketones is 1. The van der Waals surface area contributed by atoms with Crippen LogP contribution in [-0.4, -0.2) is 21.8 Å². The molecule has 0 atom stereocenters. The van der Waals surface area contributed by atoms with Gasteiger partial charge in [-0.25, -0.2) is 0 Å². The van der Waals surface area contributed by atoms with Crippen LogP contribution in [0.3, 0.4) is 0 Å². The van der Waals surface area contributed by atoms with Crippen molar-refractivity contribution in [1.82, 2.24) is 4.98 Å².